The summed E-state index contributed by atoms with van der Waals surface area (Å²) in [5.74, 6) is 1.58. The van der Waals surface area contributed by atoms with Crippen molar-refractivity contribution < 1.29 is 14.6 Å². The molecule has 1 aromatic carbocycles. The van der Waals surface area contributed by atoms with E-state index in [4.69, 9.17) is 9.47 Å². The van der Waals surface area contributed by atoms with Crippen LogP contribution in [0.4, 0.5) is 0 Å². The van der Waals surface area contributed by atoms with Gasteiger partial charge < -0.3 is 19.1 Å². The number of pyridine rings is 1. The maximum Gasteiger partial charge on any atom is 0.140 e. The molecule has 2 aromatic heterocycles. The lowest BCUT2D eigenvalue weighted by Crippen LogP contribution is -2.22. The van der Waals surface area contributed by atoms with E-state index in [0.29, 0.717) is 13.2 Å². The predicted molar refractivity (Wildman–Crippen MR) is 94.1 cm³/mol. The van der Waals surface area contributed by atoms with Gasteiger partial charge in [-0.2, -0.15) is 0 Å². The molecule has 1 unspecified atom stereocenters. The van der Waals surface area contributed by atoms with Crippen LogP contribution in [0, 0.1) is 0 Å². The van der Waals surface area contributed by atoms with Crippen LogP contribution in [0.3, 0.4) is 0 Å². The third kappa shape index (κ3) is 4.43. The van der Waals surface area contributed by atoms with Crippen molar-refractivity contribution in [2.75, 3.05) is 13.7 Å². The Balaban J connectivity index is 1.55. The van der Waals surface area contributed by atoms with Crippen LogP contribution in [0.2, 0.25) is 0 Å². The van der Waals surface area contributed by atoms with E-state index in [0.717, 1.165) is 22.7 Å². The van der Waals surface area contributed by atoms with E-state index in [2.05, 4.69) is 9.97 Å². The van der Waals surface area contributed by atoms with Gasteiger partial charge in [0, 0.05) is 35.9 Å². The molecular formula is C19H21N3O3. The van der Waals surface area contributed by atoms with Crippen LogP contribution in [-0.2, 0) is 17.9 Å². The van der Waals surface area contributed by atoms with Gasteiger partial charge in [-0.05, 0) is 18.2 Å². The zero-order valence-corrected chi connectivity index (χ0v) is 14.1. The Kier molecular flexibility index (Phi) is 5.77. The van der Waals surface area contributed by atoms with Gasteiger partial charge in [0.2, 0.25) is 0 Å². The predicted octanol–water partition coefficient (Wildman–Crippen LogP) is 2.53. The van der Waals surface area contributed by atoms with Crippen LogP contribution in [0.15, 0.2) is 61.2 Å². The molecule has 0 spiro atoms. The minimum atomic E-state index is -0.635. The van der Waals surface area contributed by atoms with Crippen molar-refractivity contribution in [3.05, 3.63) is 66.7 Å². The fraction of sp³-hybridized carbons (Fsp3) is 0.263. The lowest BCUT2D eigenvalue weighted by atomic mass is 10.2. The largest absolute Gasteiger partial charge is 0.496 e. The van der Waals surface area contributed by atoms with Gasteiger partial charge in [0.15, 0.2) is 0 Å². The normalized spacial score (nSPS) is 12.1. The maximum absolute atomic E-state index is 10.3. The summed E-state index contributed by atoms with van der Waals surface area (Å²) in [4.78, 5) is 8.37. The molecule has 0 bridgehead atoms. The summed E-state index contributed by atoms with van der Waals surface area (Å²) >= 11 is 0. The summed E-state index contributed by atoms with van der Waals surface area (Å²) in [6.45, 7) is 1.03. The minimum Gasteiger partial charge on any atom is -0.496 e. The Labute approximate surface area is 146 Å². The van der Waals surface area contributed by atoms with Gasteiger partial charge in [-0.3, -0.25) is 4.98 Å². The van der Waals surface area contributed by atoms with E-state index >= 15 is 0 Å². The van der Waals surface area contributed by atoms with Gasteiger partial charge >= 0.3 is 0 Å². The number of aromatic nitrogens is 3. The van der Waals surface area contributed by atoms with Crippen LogP contribution in [0.25, 0.3) is 11.4 Å². The van der Waals surface area contributed by atoms with E-state index < -0.39 is 6.10 Å². The van der Waals surface area contributed by atoms with E-state index in [1.165, 1.54) is 0 Å². The van der Waals surface area contributed by atoms with E-state index in [1.807, 2.05) is 47.2 Å². The number of methoxy groups -OCH3 is 1. The van der Waals surface area contributed by atoms with Crippen molar-refractivity contribution in [1.82, 2.24) is 14.5 Å². The zero-order valence-electron chi connectivity index (χ0n) is 14.1. The summed E-state index contributed by atoms with van der Waals surface area (Å²) < 4.78 is 12.8. The number of hydrogen-bond donors (Lipinski definition) is 1. The van der Waals surface area contributed by atoms with Crippen molar-refractivity contribution in [3.63, 3.8) is 0 Å². The highest BCUT2D eigenvalue weighted by Gasteiger charge is 2.11. The average Bonchev–Trinajstić information content (AvgIpc) is 3.11. The number of benzene rings is 1. The number of ether oxygens (including phenoxy) is 2. The molecule has 6 heteroatoms. The second-order valence-electron chi connectivity index (χ2n) is 5.62. The van der Waals surface area contributed by atoms with E-state index in [-0.39, 0.29) is 6.61 Å². The SMILES string of the molecule is COc1ccccc1COCC(O)Cn1ccnc1-c1ccncc1. The number of para-hydroxylation sites is 1. The standard InChI is InChI=1S/C19H21N3O3/c1-24-18-5-3-2-4-16(18)13-25-14-17(23)12-22-11-10-21-19(22)15-6-8-20-9-7-15/h2-11,17,23H,12-14H2,1H3. The van der Waals surface area contributed by atoms with Gasteiger partial charge in [-0.1, -0.05) is 18.2 Å². The maximum atomic E-state index is 10.3. The first-order valence-electron chi connectivity index (χ1n) is 8.07. The molecule has 25 heavy (non-hydrogen) atoms. The second kappa shape index (κ2) is 8.41. The summed E-state index contributed by atoms with van der Waals surface area (Å²) in [6, 6.07) is 11.5. The van der Waals surface area contributed by atoms with Crippen LogP contribution in [0.1, 0.15) is 5.56 Å². The second-order valence-corrected chi connectivity index (χ2v) is 5.62. The Morgan fingerprint density at radius 3 is 2.72 bits per heavy atom. The number of aliphatic hydroxyl groups excluding tert-OH is 1. The fourth-order valence-electron chi connectivity index (χ4n) is 2.62. The first-order chi connectivity index (χ1) is 12.3. The Morgan fingerprint density at radius 2 is 1.92 bits per heavy atom. The molecule has 2 heterocycles. The van der Waals surface area contributed by atoms with Crippen molar-refractivity contribution in [2.24, 2.45) is 0 Å². The quantitative estimate of drug-likeness (QED) is 0.683. The number of nitrogens with zero attached hydrogens (tertiary/aromatic N) is 3. The van der Waals surface area contributed by atoms with Crippen LogP contribution < -0.4 is 4.74 Å². The molecule has 1 N–H and O–H groups in total. The van der Waals surface area contributed by atoms with Crippen molar-refractivity contribution in [1.29, 1.82) is 0 Å². The highest BCUT2D eigenvalue weighted by atomic mass is 16.5. The van der Waals surface area contributed by atoms with Crippen molar-refractivity contribution in [3.8, 4) is 17.1 Å². The topological polar surface area (TPSA) is 69.4 Å². The molecule has 0 saturated heterocycles. The zero-order chi connectivity index (χ0) is 17.5. The molecule has 1 atom stereocenters. The monoisotopic (exact) mass is 339 g/mol. The summed E-state index contributed by atoms with van der Waals surface area (Å²) in [5, 5.41) is 10.3. The first-order valence-corrected chi connectivity index (χ1v) is 8.07. The molecule has 3 aromatic rings. The molecule has 0 fully saturated rings. The molecule has 0 radical (unpaired) electrons. The number of rotatable bonds is 8. The third-order valence-corrected chi connectivity index (χ3v) is 3.82. The highest BCUT2D eigenvalue weighted by molar-refractivity contribution is 5.54. The molecule has 3 rings (SSSR count). The number of hydrogen-bond acceptors (Lipinski definition) is 5. The molecule has 0 aliphatic carbocycles. The first kappa shape index (κ1) is 17.1. The summed E-state index contributed by atoms with van der Waals surface area (Å²) in [5.41, 5.74) is 1.92. The summed E-state index contributed by atoms with van der Waals surface area (Å²) in [6.07, 6.45) is 6.38. The lowest BCUT2D eigenvalue weighted by Gasteiger charge is -2.15. The third-order valence-electron chi connectivity index (χ3n) is 3.82. The molecule has 130 valence electrons. The lowest BCUT2D eigenvalue weighted by molar-refractivity contribution is 0.0200. The van der Waals surface area contributed by atoms with Crippen LogP contribution in [-0.4, -0.2) is 39.5 Å². The molecule has 0 saturated carbocycles. The average molecular weight is 339 g/mol. The Morgan fingerprint density at radius 1 is 1.12 bits per heavy atom. The Hall–Kier alpha value is -2.70. The van der Waals surface area contributed by atoms with Crippen molar-refractivity contribution in [2.45, 2.75) is 19.3 Å². The fourth-order valence-corrected chi connectivity index (χ4v) is 2.62. The molecular weight excluding hydrogens is 318 g/mol. The summed E-state index contributed by atoms with van der Waals surface area (Å²) in [7, 11) is 1.63. The molecule has 6 nitrogen and oxygen atoms in total. The van der Waals surface area contributed by atoms with E-state index in [9.17, 15) is 5.11 Å². The van der Waals surface area contributed by atoms with Gasteiger partial charge in [0.05, 0.1) is 33.0 Å². The smallest absolute Gasteiger partial charge is 0.140 e. The van der Waals surface area contributed by atoms with Gasteiger partial charge in [-0.25, -0.2) is 4.98 Å². The van der Waals surface area contributed by atoms with Gasteiger partial charge in [0.25, 0.3) is 0 Å². The van der Waals surface area contributed by atoms with Gasteiger partial charge in [-0.15, -0.1) is 0 Å². The molecule has 0 amide bonds. The van der Waals surface area contributed by atoms with Crippen molar-refractivity contribution >= 4 is 0 Å². The van der Waals surface area contributed by atoms with Crippen LogP contribution >= 0.6 is 0 Å². The number of imidazole rings is 1. The van der Waals surface area contributed by atoms with Crippen LogP contribution in [0.5, 0.6) is 5.75 Å². The molecule has 0 aliphatic rings. The van der Waals surface area contributed by atoms with Gasteiger partial charge in [0.1, 0.15) is 11.6 Å². The van der Waals surface area contributed by atoms with E-state index in [1.54, 1.807) is 25.7 Å². The number of aliphatic hydroxyl groups is 1. The highest BCUT2D eigenvalue weighted by Crippen LogP contribution is 2.19. The molecule has 0 aliphatic heterocycles. The minimum absolute atomic E-state index is 0.228. The Bertz CT molecular complexity index is 789.